The number of allylic oxidation sites excluding steroid dienone is 1. The molecule has 32 heavy (non-hydrogen) atoms. The zero-order valence-corrected chi connectivity index (χ0v) is 20.1. The minimum Gasteiger partial charge on any atom is -0.477 e. The average Bonchev–Trinajstić information content (AvgIpc) is 2.68. The number of carbonyl (C=O) groups is 3. The lowest BCUT2D eigenvalue weighted by Crippen LogP contribution is -2.57. The first kappa shape index (κ1) is 30.1. The summed E-state index contributed by atoms with van der Waals surface area (Å²) >= 11 is 0. The SMILES string of the molecule is CCCCCCCCCCCCCCC/C=C/CC[N+](CC(=O)O)(CC(=O)O)CC(=O)O. The number of carboxylic acid groups (broad SMARTS) is 3. The zero-order chi connectivity index (χ0) is 24.1. The Morgan fingerprint density at radius 1 is 0.562 bits per heavy atom. The van der Waals surface area contributed by atoms with Crippen LogP contribution in [0.5, 0.6) is 0 Å². The fraction of sp³-hybridized carbons (Fsp3) is 0.800. The normalized spacial score (nSPS) is 11.8. The summed E-state index contributed by atoms with van der Waals surface area (Å²) < 4.78 is -0.483. The molecule has 7 heteroatoms. The lowest BCUT2D eigenvalue weighted by Gasteiger charge is -2.33. The molecule has 0 atom stereocenters. The van der Waals surface area contributed by atoms with Gasteiger partial charge in [0.2, 0.25) is 0 Å². The molecule has 0 bridgehead atoms. The van der Waals surface area contributed by atoms with E-state index in [-0.39, 0.29) is 6.54 Å². The van der Waals surface area contributed by atoms with E-state index in [2.05, 4.69) is 6.92 Å². The summed E-state index contributed by atoms with van der Waals surface area (Å²) in [6.07, 6.45) is 22.4. The van der Waals surface area contributed by atoms with Crippen molar-refractivity contribution in [3.05, 3.63) is 12.2 Å². The van der Waals surface area contributed by atoms with Gasteiger partial charge in [-0.15, -0.1) is 0 Å². The van der Waals surface area contributed by atoms with Crippen LogP contribution in [0.25, 0.3) is 0 Å². The second-order valence-corrected chi connectivity index (χ2v) is 9.01. The van der Waals surface area contributed by atoms with Gasteiger partial charge in [-0.05, 0) is 12.8 Å². The minimum absolute atomic E-state index is 0.181. The van der Waals surface area contributed by atoms with Crippen molar-refractivity contribution < 1.29 is 34.2 Å². The van der Waals surface area contributed by atoms with E-state index in [9.17, 15) is 14.4 Å². The Morgan fingerprint density at radius 2 is 0.906 bits per heavy atom. The summed E-state index contributed by atoms with van der Waals surface area (Å²) in [4.78, 5) is 33.4. The molecule has 0 radical (unpaired) electrons. The van der Waals surface area contributed by atoms with Gasteiger partial charge >= 0.3 is 17.9 Å². The van der Waals surface area contributed by atoms with Gasteiger partial charge in [-0.2, -0.15) is 0 Å². The Balaban J connectivity index is 3.90. The van der Waals surface area contributed by atoms with E-state index in [1.54, 1.807) is 0 Å². The maximum absolute atomic E-state index is 11.1. The molecule has 0 heterocycles. The maximum atomic E-state index is 11.1. The second-order valence-electron chi connectivity index (χ2n) is 9.01. The molecule has 186 valence electrons. The second kappa shape index (κ2) is 19.8. The quantitative estimate of drug-likeness (QED) is 0.107. The third-order valence-electron chi connectivity index (χ3n) is 5.82. The van der Waals surface area contributed by atoms with Gasteiger partial charge in [-0.25, -0.2) is 14.4 Å². The predicted molar refractivity (Wildman–Crippen MR) is 127 cm³/mol. The van der Waals surface area contributed by atoms with Crippen molar-refractivity contribution in [2.45, 2.75) is 103 Å². The van der Waals surface area contributed by atoms with E-state index in [0.717, 1.165) is 12.8 Å². The van der Waals surface area contributed by atoms with Crippen LogP contribution in [0.1, 0.15) is 103 Å². The lowest BCUT2D eigenvalue weighted by atomic mass is 10.0. The van der Waals surface area contributed by atoms with Crippen LogP contribution in [0.3, 0.4) is 0 Å². The number of hydrogen-bond donors (Lipinski definition) is 3. The van der Waals surface area contributed by atoms with Crippen LogP contribution in [0.4, 0.5) is 0 Å². The van der Waals surface area contributed by atoms with E-state index >= 15 is 0 Å². The van der Waals surface area contributed by atoms with E-state index in [1.807, 2.05) is 12.2 Å². The molecule has 0 amide bonds. The highest BCUT2D eigenvalue weighted by Gasteiger charge is 2.35. The van der Waals surface area contributed by atoms with E-state index in [4.69, 9.17) is 15.3 Å². The van der Waals surface area contributed by atoms with Gasteiger partial charge in [0.1, 0.15) is 0 Å². The molecule has 3 N–H and O–H groups in total. The number of carboxylic acids is 3. The van der Waals surface area contributed by atoms with E-state index < -0.39 is 42.0 Å². The van der Waals surface area contributed by atoms with Gasteiger partial charge in [0, 0.05) is 6.42 Å². The summed E-state index contributed by atoms with van der Waals surface area (Å²) in [5, 5.41) is 27.3. The van der Waals surface area contributed by atoms with Crippen molar-refractivity contribution in [3.63, 3.8) is 0 Å². The van der Waals surface area contributed by atoms with Crippen LogP contribution in [-0.2, 0) is 14.4 Å². The molecule has 0 aromatic heterocycles. The number of unbranched alkanes of at least 4 members (excludes halogenated alkanes) is 13. The molecule has 0 rings (SSSR count). The molecule has 0 fully saturated rings. The molecule has 0 aliphatic rings. The first-order chi connectivity index (χ1) is 15.3. The fourth-order valence-electron chi connectivity index (χ4n) is 4.13. The highest BCUT2D eigenvalue weighted by Crippen LogP contribution is 2.13. The number of nitrogens with zero attached hydrogens (tertiary/aromatic N) is 1. The largest absolute Gasteiger partial charge is 0.477 e. The van der Waals surface area contributed by atoms with Crippen molar-refractivity contribution in [3.8, 4) is 0 Å². The molecule has 0 saturated carbocycles. The summed E-state index contributed by atoms with van der Waals surface area (Å²) in [5.41, 5.74) is 0. The van der Waals surface area contributed by atoms with Crippen molar-refractivity contribution in [1.82, 2.24) is 0 Å². The van der Waals surface area contributed by atoms with Crippen molar-refractivity contribution in [2.24, 2.45) is 0 Å². The van der Waals surface area contributed by atoms with Crippen molar-refractivity contribution in [1.29, 1.82) is 0 Å². The monoisotopic (exact) mass is 456 g/mol. The Labute approximate surface area is 194 Å². The van der Waals surface area contributed by atoms with Crippen molar-refractivity contribution in [2.75, 3.05) is 26.2 Å². The molecular formula is C25H46NO6+. The van der Waals surface area contributed by atoms with E-state index in [0.29, 0.717) is 6.42 Å². The average molecular weight is 457 g/mol. The molecule has 0 aliphatic heterocycles. The third kappa shape index (κ3) is 18.8. The number of aliphatic carboxylic acids is 3. The molecule has 0 spiro atoms. The van der Waals surface area contributed by atoms with Crippen LogP contribution in [0.2, 0.25) is 0 Å². The first-order valence-electron chi connectivity index (χ1n) is 12.5. The Bertz CT molecular complexity index is 506. The first-order valence-corrected chi connectivity index (χ1v) is 12.5. The zero-order valence-electron chi connectivity index (χ0n) is 20.1. The molecule has 7 nitrogen and oxygen atoms in total. The summed E-state index contributed by atoms with van der Waals surface area (Å²) in [6, 6.07) is 0. The number of hydrogen-bond acceptors (Lipinski definition) is 3. The fourth-order valence-corrected chi connectivity index (χ4v) is 4.13. The van der Waals surface area contributed by atoms with Gasteiger partial charge in [0.25, 0.3) is 0 Å². The molecule has 0 saturated heterocycles. The molecule has 0 aromatic carbocycles. The van der Waals surface area contributed by atoms with Crippen molar-refractivity contribution >= 4 is 17.9 Å². The topological polar surface area (TPSA) is 112 Å². The van der Waals surface area contributed by atoms with Crippen LogP contribution >= 0.6 is 0 Å². The van der Waals surface area contributed by atoms with Crippen LogP contribution in [0.15, 0.2) is 12.2 Å². The predicted octanol–water partition coefficient (Wildman–Crippen LogP) is 5.48. The molecular weight excluding hydrogens is 410 g/mol. The van der Waals surface area contributed by atoms with Gasteiger partial charge in [-0.3, -0.25) is 4.48 Å². The summed E-state index contributed by atoms with van der Waals surface area (Å²) in [5.74, 6) is -3.57. The Hall–Kier alpha value is -1.89. The van der Waals surface area contributed by atoms with Crippen LogP contribution < -0.4 is 0 Å². The summed E-state index contributed by atoms with van der Waals surface area (Å²) in [6.45, 7) is 0.903. The number of rotatable bonds is 23. The molecule has 0 aromatic rings. The van der Waals surface area contributed by atoms with Crippen LogP contribution in [-0.4, -0.2) is 63.9 Å². The highest BCUT2D eigenvalue weighted by molar-refractivity contribution is 5.73. The number of quaternary nitrogens is 1. The van der Waals surface area contributed by atoms with Gasteiger partial charge in [-0.1, -0.05) is 96.1 Å². The van der Waals surface area contributed by atoms with Gasteiger partial charge in [0.05, 0.1) is 6.54 Å². The van der Waals surface area contributed by atoms with Gasteiger partial charge in [0.15, 0.2) is 19.6 Å². The van der Waals surface area contributed by atoms with E-state index in [1.165, 1.54) is 77.0 Å². The lowest BCUT2D eigenvalue weighted by molar-refractivity contribution is -0.907. The van der Waals surface area contributed by atoms with Gasteiger partial charge < -0.3 is 15.3 Å². The third-order valence-corrected chi connectivity index (χ3v) is 5.82. The maximum Gasteiger partial charge on any atom is 0.359 e. The smallest absolute Gasteiger partial charge is 0.359 e. The molecule has 0 unspecified atom stereocenters. The van der Waals surface area contributed by atoms with Crippen LogP contribution in [0, 0.1) is 0 Å². The molecule has 0 aliphatic carbocycles. The minimum atomic E-state index is -1.19. The summed E-state index contributed by atoms with van der Waals surface area (Å²) in [7, 11) is 0. The Kier molecular flexibility index (Phi) is 18.6. The Morgan fingerprint density at radius 3 is 1.28 bits per heavy atom. The standard InChI is InChI=1S/C25H45NO6/c1-2-3-4-5-6-7-8-9-10-11-12-13-14-15-16-17-18-19-26(20-23(27)28,21-24(29)30)22-25(31)32/h16-17H,2-15,18-22H2,1H3,(H2-,27,28,29,30,31,32)/p+1/b17-16+. The highest BCUT2D eigenvalue weighted by atomic mass is 16.4.